The normalized spacial score (nSPS) is 15.5. The summed E-state index contributed by atoms with van der Waals surface area (Å²) in [5, 5.41) is 29.6. The van der Waals surface area contributed by atoms with Gasteiger partial charge in [0.25, 0.3) is 0 Å². The van der Waals surface area contributed by atoms with Gasteiger partial charge in [0, 0.05) is 59.4 Å². The second-order valence-corrected chi connectivity index (χ2v) is 10.2. The van der Waals surface area contributed by atoms with Crippen molar-refractivity contribution >= 4 is 5.57 Å². The minimum Gasteiger partial charge on any atom is -0.511 e. The fourth-order valence-corrected chi connectivity index (χ4v) is 5.20. The Bertz CT molecular complexity index is 1380. The first-order valence-electron chi connectivity index (χ1n) is 14.4. The van der Waals surface area contributed by atoms with Crippen LogP contribution < -0.4 is 20.1 Å². The number of ether oxygens (including phenoxy) is 2. The summed E-state index contributed by atoms with van der Waals surface area (Å²) >= 11 is 0. The molecular weight excluding hydrogens is 512 g/mol. The maximum atomic E-state index is 11.3. The number of unbranched alkanes of at least 4 members (excludes halogenated alkanes) is 1. The lowest BCUT2D eigenvalue weighted by molar-refractivity contribution is 0.345. The summed E-state index contributed by atoms with van der Waals surface area (Å²) in [4.78, 5) is 0. The van der Waals surface area contributed by atoms with Gasteiger partial charge in [-0.15, -0.1) is 0 Å². The predicted molar refractivity (Wildman–Crippen MR) is 167 cm³/mol. The van der Waals surface area contributed by atoms with Crippen molar-refractivity contribution < 1.29 is 19.7 Å². The highest BCUT2D eigenvalue weighted by Crippen LogP contribution is 2.37. The van der Waals surface area contributed by atoms with Crippen LogP contribution in [0.5, 0.6) is 17.2 Å². The van der Waals surface area contributed by atoms with Gasteiger partial charge in [-0.05, 0) is 18.6 Å². The maximum absolute atomic E-state index is 11.3. The van der Waals surface area contributed by atoms with Gasteiger partial charge in [0.15, 0.2) is 0 Å². The number of hydrogen-bond donors (Lipinski definition) is 4. The van der Waals surface area contributed by atoms with Crippen molar-refractivity contribution in [1.29, 1.82) is 0 Å². The Morgan fingerprint density at radius 3 is 2.24 bits per heavy atom. The molecule has 0 fully saturated rings. The molecule has 0 aliphatic heterocycles. The van der Waals surface area contributed by atoms with Crippen LogP contribution in [0.25, 0.3) is 16.7 Å². The number of methoxy groups -OCH3 is 2. The van der Waals surface area contributed by atoms with Gasteiger partial charge in [-0.2, -0.15) is 0 Å². The van der Waals surface area contributed by atoms with Gasteiger partial charge in [-0.1, -0.05) is 98.7 Å². The number of benzene rings is 3. The topological polar surface area (TPSA) is 83.0 Å². The molecule has 0 saturated carbocycles. The lowest BCUT2D eigenvalue weighted by Gasteiger charge is -2.22. The molecule has 0 bridgehead atoms. The number of hydrogen-bond acceptors (Lipinski definition) is 6. The zero-order chi connectivity index (χ0) is 29.0. The molecule has 216 valence electrons. The van der Waals surface area contributed by atoms with Crippen molar-refractivity contribution in [3.05, 3.63) is 108 Å². The number of phenols is 1. The maximum Gasteiger partial charge on any atom is 0.128 e. The lowest BCUT2D eigenvalue weighted by atomic mass is 9.97. The van der Waals surface area contributed by atoms with E-state index in [0.29, 0.717) is 18.8 Å². The van der Waals surface area contributed by atoms with Crippen molar-refractivity contribution in [2.75, 3.05) is 27.3 Å². The molecule has 0 saturated heterocycles. The molecule has 1 aliphatic rings. The average molecular weight is 555 g/mol. The van der Waals surface area contributed by atoms with E-state index < -0.39 is 0 Å². The van der Waals surface area contributed by atoms with E-state index in [0.717, 1.165) is 65.1 Å². The Kier molecular flexibility index (Phi) is 11.1. The smallest absolute Gasteiger partial charge is 0.128 e. The second kappa shape index (κ2) is 15.1. The van der Waals surface area contributed by atoms with E-state index in [1.54, 1.807) is 14.2 Å². The summed E-state index contributed by atoms with van der Waals surface area (Å²) in [5.41, 5.74) is 4.10. The zero-order valence-electron chi connectivity index (χ0n) is 24.3. The first-order chi connectivity index (χ1) is 20.1. The van der Waals surface area contributed by atoms with E-state index in [9.17, 15) is 10.2 Å². The highest BCUT2D eigenvalue weighted by atomic mass is 16.5. The fourth-order valence-electron chi connectivity index (χ4n) is 5.20. The number of aliphatic hydroxyl groups is 1. The third-order valence-corrected chi connectivity index (χ3v) is 7.50. The molecule has 0 radical (unpaired) electrons. The first kappa shape index (κ1) is 30.0. The van der Waals surface area contributed by atoms with Crippen LogP contribution in [0.15, 0.2) is 96.8 Å². The Hall–Kier alpha value is -4.00. The molecule has 6 heteroatoms. The summed E-state index contributed by atoms with van der Waals surface area (Å²) in [6, 6.07) is 21.5. The minimum absolute atomic E-state index is 0.168. The molecular formula is C35H42N2O4. The van der Waals surface area contributed by atoms with Crippen LogP contribution in [0.2, 0.25) is 0 Å². The molecule has 2 unspecified atom stereocenters. The van der Waals surface area contributed by atoms with Crippen molar-refractivity contribution in [2.24, 2.45) is 5.92 Å². The fraction of sp³-hybridized carbons (Fsp3) is 0.314. The van der Waals surface area contributed by atoms with Crippen LogP contribution in [0.4, 0.5) is 0 Å². The van der Waals surface area contributed by atoms with E-state index in [2.05, 4.69) is 17.6 Å². The molecule has 41 heavy (non-hydrogen) atoms. The Morgan fingerprint density at radius 2 is 1.51 bits per heavy atom. The van der Waals surface area contributed by atoms with E-state index in [4.69, 9.17) is 9.47 Å². The van der Waals surface area contributed by atoms with Crippen LogP contribution in [-0.4, -0.2) is 43.6 Å². The third kappa shape index (κ3) is 7.60. The van der Waals surface area contributed by atoms with Gasteiger partial charge in [0.1, 0.15) is 23.0 Å². The summed E-state index contributed by atoms with van der Waals surface area (Å²) in [6.07, 6.45) is 11.1. The van der Waals surface area contributed by atoms with Crippen LogP contribution in [0.1, 0.15) is 37.3 Å². The van der Waals surface area contributed by atoms with Gasteiger partial charge in [-0.3, -0.25) is 0 Å². The van der Waals surface area contributed by atoms with Crippen LogP contribution >= 0.6 is 0 Å². The number of para-hydroxylation sites is 3. The SMILES string of the molecule is CCCCC(CNCC1C=CC=CC(c2ccccc2OC)=C1O)NCc1cccc(-c2ccccc2OC)c1O. The second-order valence-electron chi connectivity index (χ2n) is 10.2. The standard InChI is InChI=1S/C35H42N2O4/c1-4-5-15-27(37-23-26-14-12-19-31(35(26)39)29-17-9-11-21-33(29)41-3)24-36-22-25-13-6-7-18-30(34(25)38)28-16-8-10-20-32(28)40-2/h6-14,16-21,25,27,36-39H,4-5,15,22-24H2,1-3H3. The molecule has 0 amide bonds. The predicted octanol–water partition coefficient (Wildman–Crippen LogP) is 7.03. The summed E-state index contributed by atoms with van der Waals surface area (Å²) < 4.78 is 11.1. The Labute approximate surface area is 244 Å². The van der Waals surface area contributed by atoms with E-state index in [-0.39, 0.29) is 17.7 Å². The molecule has 0 spiro atoms. The number of nitrogens with one attached hydrogen (secondary N) is 2. The molecule has 6 nitrogen and oxygen atoms in total. The average Bonchev–Trinajstić information content (AvgIpc) is 3.19. The van der Waals surface area contributed by atoms with Gasteiger partial charge in [0.05, 0.1) is 14.2 Å². The molecule has 2 atom stereocenters. The lowest BCUT2D eigenvalue weighted by Crippen LogP contribution is -2.40. The Morgan fingerprint density at radius 1 is 0.829 bits per heavy atom. The Balaban J connectivity index is 1.42. The number of rotatable bonds is 14. The highest BCUT2D eigenvalue weighted by molar-refractivity contribution is 5.80. The molecule has 0 heterocycles. The van der Waals surface area contributed by atoms with E-state index >= 15 is 0 Å². The minimum atomic E-state index is -0.168. The van der Waals surface area contributed by atoms with Gasteiger partial charge >= 0.3 is 0 Å². The number of aromatic hydroxyl groups is 1. The monoisotopic (exact) mass is 554 g/mol. The molecule has 0 aromatic heterocycles. The van der Waals surface area contributed by atoms with Gasteiger partial charge < -0.3 is 30.3 Å². The third-order valence-electron chi connectivity index (χ3n) is 7.50. The highest BCUT2D eigenvalue weighted by Gasteiger charge is 2.20. The molecule has 1 aliphatic carbocycles. The van der Waals surface area contributed by atoms with Crippen molar-refractivity contribution in [3.8, 4) is 28.4 Å². The van der Waals surface area contributed by atoms with Crippen LogP contribution in [0.3, 0.4) is 0 Å². The van der Waals surface area contributed by atoms with Gasteiger partial charge in [0.2, 0.25) is 0 Å². The molecule has 4 rings (SSSR count). The van der Waals surface area contributed by atoms with Crippen LogP contribution in [-0.2, 0) is 6.54 Å². The quantitative estimate of drug-likeness (QED) is 0.171. The zero-order valence-corrected chi connectivity index (χ0v) is 24.3. The molecule has 3 aromatic rings. The summed E-state index contributed by atoms with van der Waals surface area (Å²) in [5.74, 6) is 1.88. The van der Waals surface area contributed by atoms with Crippen LogP contribution in [0, 0.1) is 5.92 Å². The number of aliphatic hydroxyl groups excluding tert-OH is 1. The van der Waals surface area contributed by atoms with Crippen molar-refractivity contribution in [3.63, 3.8) is 0 Å². The molecule has 4 N–H and O–H groups in total. The van der Waals surface area contributed by atoms with Gasteiger partial charge in [-0.25, -0.2) is 0 Å². The van der Waals surface area contributed by atoms with Crippen molar-refractivity contribution in [1.82, 2.24) is 10.6 Å². The molecule has 3 aromatic carbocycles. The largest absolute Gasteiger partial charge is 0.511 e. The van der Waals surface area contributed by atoms with Crippen molar-refractivity contribution in [2.45, 2.75) is 38.8 Å². The first-order valence-corrected chi connectivity index (χ1v) is 14.4. The summed E-state index contributed by atoms with van der Waals surface area (Å²) in [7, 11) is 3.29. The number of allylic oxidation sites excluding steroid dienone is 4. The van der Waals surface area contributed by atoms with E-state index in [1.807, 2.05) is 91.0 Å². The van der Waals surface area contributed by atoms with E-state index in [1.165, 1.54) is 0 Å². The summed E-state index contributed by atoms with van der Waals surface area (Å²) in [6.45, 7) is 4.07. The number of phenolic OH excluding ortho intramolecular Hbond substituents is 1.